The molecule has 5 nitrogen and oxygen atoms in total. The van der Waals surface area contributed by atoms with Crippen molar-refractivity contribution >= 4 is 40.8 Å². The van der Waals surface area contributed by atoms with Crippen LogP contribution in [0.3, 0.4) is 0 Å². The molecule has 0 aliphatic rings. The molecule has 1 aromatic rings. The van der Waals surface area contributed by atoms with Gasteiger partial charge in [-0.2, -0.15) is 0 Å². The number of carboxylic acid groups (broad SMARTS) is 1. The van der Waals surface area contributed by atoms with E-state index in [0.717, 1.165) is 0 Å². The number of hydrogen-bond acceptors (Lipinski definition) is 3. The lowest BCUT2D eigenvalue weighted by molar-refractivity contribution is -0.137. The Labute approximate surface area is 121 Å². The van der Waals surface area contributed by atoms with Crippen LogP contribution in [0.25, 0.3) is 0 Å². The van der Waals surface area contributed by atoms with Gasteiger partial charge in [-0.25, -0.2) is 0 Å². The quantitative estimate of drug-likeness (QED) is 0.571. The summed E-state index contributed by atoms with van der Waals surface area (Å²) < 4.78 is 0. The summed E-state index contributed by atoms with van der Waals surface area (Å²) in [6, 6.07) is 6.40. The summed E-state index contributed by atoms with van der Waals surface area (Å²) >= 11 is 10.6. The third kappa shape index (κ3) is 6.17. The van der Waals surface area contributed by atoms with Gasteiger partial charge in [-0.15, -0.1) is 0 Å². The van der Waals surface area contributed by atoms with Gasteiger partial charge in [0.15, 0.2) is 5.11 Å². The first-order chi connectivity index (χ1) is 8.99. The maximum Gasteiger partial charge on any atom is 0.303 e. The number of halogens is 1. The molecule has 1 aromatic carbocycles. The number of rotatable bonds is 5. The topological polar surface area (TPSA) is 78.4 Å². The summed E-state index contributed by atoms with van der Waals surface area (Å²) in [7, 11) is 0. The zero-order valence-corrected chi connectivity index (χ0v) is 11.6. The monoisotopic (exact) mass is 300 g/mol. The van der Waals surface area contributed by atoms with Crippen molar-refractivity contribution in [1.29, 1.82) is 0 Å². The molecule has 1 amide bonds. The Kier molecular flexibility index (Phi) is 6.24. The first-order valence-corrected chi connectivity index (χ1v) is 6.34. The molecule has 0 aliphatic carbocycles. The van der Waals surface area contributed by atoms with Gasteiger partial charge in [0, 0.05) is 23.6 Å². The van der Waals surface area contributed by atoms with E-state index in [9.17, 15) is 9.59 Å². The van der Waals surface area contributed by atoms with Crippen LogP contribution < -0.4 is 10.6 Å². The molecule has 3 N–H and O–H groups in total. The number of carbonyl (C=O) groups excluding carboxylic acids is 1. The van der Waals surface area contributed by atoms with Crippen LogP contribution in [0.1, 0.15) is 23.2 Å². The van der Waals surface area contributed by atoms with E-state index in [1.165, 1.54) is 0 Å². The van der Waals surface area contributed by atoms with Crippen LogP contribution >= 0.6 is 23.8 Å². The molecule has 0 saturated carbocycles. The Morgan fingerprint density at radius 1 is 1.26 bits per heavy atom. The van der Waals surface area contributed by atoms with Gasteiger partial charge in [0.05, 0.1) is 0 Å². The van der Waals surface area contributed by atoms with Crippen LogP contribution in [0.5, 0.6) is 0 Å². The average Bonchev–Trinajstić information content (AvgIpc) is 2.35. The normalized spacial score (nSPS) is 9.74. The summed E-state index contributed by atoms with van der Waals surface area (Å²) in [6.07, 6.45) is 0.493. The number of nitrogens with one attached hydrogen (secondary N) is 2. The largest absolute Gasteiger partial charge is 0.481 e. The van der Waals surface area contributed by atoms with Crippen LogP contribution in [-0.4, -0.2) is 28.6 Å². The zero-order chi connectivity index (χ0) is 14.3. The third-order valence-electron chi connectivity index (χ3n) is 2.19. The first-order valence-electron chi connectivity index (χ1n) is 5.55. The summed E-state index contributed by atoms with van der Waals surface area (Å²) in [5.74, 6) is -1.20. The van der Waals surface area contributed by atoms with Crippen LogP contribution in [0.15, 0.2) is 24.3 Å². The second-order valence-corrected chi connectivity index (χ2v) is 4.56. The van der Waals surface area contributed by atoms with Crippen molar-refractivity contribution in [2.75, 3.05) is 6.54 Å². The molecule has 0 aromatic heterocycles. The minimum absolute atomic E-state index is 0.0563. The van der Waals surface area contributed by atoms with E-state index in [1.807, 2.05) is 0 Å². The Morgan fingerprint density at radius 2 is 1.89 bits per heavy atom. The number of aliphatic carboxylic acids is 1. The highest BCUT2D eigenvalue weighted by Crippen LogP contribution is 2.09. The second-order valence-electron chi connectivity index (χ2n) is 3.71. The number of amides is 1. The number of benzene rings is 1. The van der Waals surface area contributed by atoms with E-state index < -0.39 is 5.97 Å². The van der Waals surface area contributed by atoms with Crippen molar-refractivity contribution in [2.45, 2.75) is 12.8 Å². The highest BCUT2D eigenvalue weighted by molar-refractivity contribution is 7.80. The Hall–Kier alpha value is -1.66. The second kappa shape index (κ2) is 7.70. The summed E-state index contributed by atoms with van der Waals surface area (Å²) in [5.41, 5.74) is 0.444. The maximum absolute atomic E-state index is 11.7. The first kappa shape index (κ1) is 15.4. The molecular formula is C12H13ClN2O3S. The fourth-order valence-electron chi connectivity index (χ4n) is 1.26. The lowest BCUT2D eigenvalue weighted by Gasteiger charge is -2.08. The van der Waals surface area contributed by atoms with Crippen molar-refractivity contribution in [2.24, 2.45) is 0 Å². The van der Waals surface area contributed by atoms with Gasteiger partial charge in [0.25, 0.3) is 5.91 Å². The molecule has 0 aliphatic heterocycles. The minimum Gasteiger partial charge on any atom is -0.481 e. The molecule has 0 saturated heterocycles. The van der Waals surface area contributed by atoms with Crippen molar-refractivity contribution in [3.05, 3.63) is 34.9 Å². The fraction of sp³-hybridized carbons (Fsp3) is 0.250. The molecule has 1 rings (SSSR count). The Morgan fingerprint density at radius 3 is 2.47 bits per heavy atom. The molecule has 7 heteroatoms. The predicted octanol–water partition coefficient (Wildman–Crippen LogP) is 1.81. The average molecular weight is 301 g/mol. The Bertz CT molecular complexity index is 476. The lowest BCUT2D eigenvalue weighted by atomic mass is 10.2. The standard InChI is InChI=1S/C12H13ClN2O3S/c13-9-5-3-8(4-6-9)11(18)15-12(19)14-7-1-2-10(16)17/h3-6H,1-2,7H2,(H,16,17)(H2,14,15,18,19). The van der Waals surface area contributed by atoms with E-state index in [-0.39, 0.29) is 17.4 Å². The summed E-state index contributed by atoms with van der Waals surface area (Å²) in [6.45, 7) is 0.395. The molecule has 0 bridgehead atoms. The zero-order valence-electron chi connectivity index (χ0n) is 9.98. The van der Waals surface area contributed by atoms with Crippen LogP contribution in [0, 0.1) is 0 Å². The van der Waals surface area contributed by atoms with E-state index in [2.05, 4.69) is 10.6 Å². The summed E-state index contributed by atoms with van der Waals surface area (Å²) in [5, 5.41) is 14.4. The molecule has 19 heavy (non-hydrogen) atoms. The van der Waals surface area contributed by atoms with Gasteiger partial charge >= 0.3 is 5.97 Å². The predicted molar refractivity (Wildman–Crippen MR) is 76.4 cm³/mol. The fourth-order valence-corrected chi connectivity index (χ4v) is 1.58. The molecule has 0 spiro atoms. The summed E-state index contributed by atoms with van der Waals surface area (Å²) in [4.78, 5) is 22.0. The number of carbonyl (C=O) groups is 2. The van der Waals surface area contributed by atoms with Crippen molar-refractivity contribution in [3.8, 4) is 0 Å². The highest BCUT2D eigenvalue weighted by atomic mass is 35.5. The SMILES string of the molecule is O=C(O)CCCNC(=S)NC(=O)c1ccc(Cl)cc1. The van der Waals surface area contributed by atoms with E-state index in [1.54, 1.807) is 24.3 Å². The molecule has 0 atom stereocenters. The Balaban J connectivity index is 2.34. The molecule has 0 radical (unpaired) electrons. The van der Waals surface area contributed by atoms with Crippen molar-refractivity contribution in [1.82, 2.24) is 10.6 Å². The van der Waals surface area contributed by atoms with Gasteiger partial charge in [-0.1, -0.05) is 11.6 Å². The van der Waals surface area contributed by atoms with Crippen LogP contribution in [0.2, 0.25) is 5.02 Å². The lowest BCUT2D eigenvalue weighted by Crippen LogP contribution is -2.39. The molecule has 0 unspecified atom stereocenters. The smallest absolute Gasteiger partial charge is 0.303 e. The van der Waals surface area contributed by atoms with E-state index in [4.69, 9.17) is 28.9 Å². The number of carboxylic acids is 1. The van der Waals surface area contributed by atoms with Gasteiger partial charge in [-0.3, -0.25) is 14.9 Å². The highest BCUT2D eigenvalue weighted by Gasteiger charge is 2.07. The van der Waals surface area contributed by atoms with Gasteiger partial charge in [-0.05, 0) is 42.9 Å². The number of hydrogen-bond donors (Lipinski definition) is 3. The van der Waals surface area contributed by atoms with E-state index in [0.29, 0.717) is 23.6 Å². The van der Waals surface area contributed by atoms with Crippen molar-refractivity contribution < 1.29 is 14.7 Å². The van der Waals surface area contributed by atoms with Gasteiger partial charge in [0.1, 0.15) is 0 Å². The minimum atomic E-state index is -0.863. The molecule has 0 heterocycles. The van der Waals surface area contributed by atoms with Crippen LogP contribution in [0.4, 0.5) is 0 Å². The van der Waals surface area contributed by atoms with Crippen molar-refractivity contribution in [3.63, 3.8) is 0 Å². The third-order valence-corrected chi connectivity index (χ3v) is 2.68. The van der Waals surface area contributed by atoms with Gasteiger partial charge in [0.2, 0.25) is 0 Å². The molecule has 102 valence electrons. The van der Waals surface area contributed by atoms with Crippen LogP contribution in [-0.2, 0) is 4.79 Å². The van der Waals surface area contributed by atoms with Gasteiger partial charge < -0.3 is 10.4 Å². The van der Waals surface area contributed by atoms with E-state index >= 15 is 0 Å². The molecule has 0 fully saturated rings. The maximum atomic E-state index is 11.7. The molecular weight excluding hydrogens is 288 g/mol. The number of thiocarbonyl (C=S) groups is 1.